The molecule has 3 heteroatoms. The van der Waals surface area contributed by atoms with Crippen LogP contribution in [0.3, 0.4) is 0 Å². The average Bonchev–Trinajstić information content (AvgIpc) is 2.31. The first kappa shape index (κ1) is 8.75. The molecule has 0 radical (unpaired) electrons. The molecule has 0 amide bonds. The topological polar surface area (TPSA) is 12.9 Å². The smallest absolute Gasteiger partial charge is 0.115 e. The van der Waals surface area contributed by atoms with Crippen molar-refractivity contribution in [1.29, 1.82) is 0 Å². The van der Waals surface area contributed by atoms with Crippen molar-refractivity contribution in [2.24, 2.45) is 0 Å². The van der Waals surface area contributed by atoms with E-state index in [4.69, 9.17) is 11.6 Å². The number of alkyl halides is 1. The molecule has 0 fully saturated rings. The van der Waals surface area contributed by atoms with E-state index in [1.807, 2.05) is 32.2 Å². The standard InChI is InChI=1S/C8H10ClNS/c1-6(9)3-4-8-10-5-7(2)11-8/h3-6H,1-2H3/b4-3+. The molecule has 11 heavy (non-hydrogen) atoms. The van der Waals surface area contributed by atoms with Gasteiger partial charge in [-0.1, -0.05) is 6.08 Å². The molecule has 0 N–H and O–H groups in total. The molecular weight excluding hydrogens is 178 g/mol. The summed E-state index contributed by atoms with van der Waals surface area (Å²) >= 11 is 7.40. The fourth-order valence-electron chi connectivity index (χ4n) is 0.664. The van der Waals surface area contributed by atoms with E-state index < -0.39 is 0 Å². The van der Waals surface area contributed by atoms with E-state index in [9.17, 15) is 0 Å². The second kappa shape index (κ2) is 3.88. The largest absolute Gasteiger partial charge is 0.245 e. The van der Waals surface area contributed by atoms with Gasteiger partial charge in [-0.2, -0.15) is 0 Å². The van der Waals surface area contributed by atoms with Crippen LogP contribution >= 0.6 is 22.9 Å². The van der Waals surface area contributed by atoms with Crippen molar-refractivity contribution in [2.45, 2.75) is 19.2 Å². The number of aryl methyl sites for hydroxylation is 1. The lowest BCUT2D eigenvalue weighted by Crippen LogP contribution is -1.79. The Morgan fingerprint density at radius 1 is 1.73 bits per heavy atom. The Labute approximate surface area is 75.7 Å². The maximum absolute atomic E-state index is 5.72. The van der Waals surface area contributed by atoms with Crippen molar-refractivity contribution in [3.8, 4) is 0 Å². The van der Waals surface area contributed by atoms with Gasteiger partial charge in [-0.05, 0) is 19.9 Å². The van der Waals surface area contributed by atoms with E-state index in [1.54, 1.807) is 11.3 Å². The third kappa shape index (κ3) is 3.04. The van der Waals surface area contributed by atoms with Crippen LogP contribution in [-0.2, 0) is 0 Å². The lowest BCUT2D eigenvalue weighted by Gasteiger charge is -1.87. The monoisotopic (exact) mass is 187 g/mol. The highest BCUT2D eigenvalue weighted by molar-refractivity contribution is 7.12. The van der Waals surface area contributed by atoms with Gasteiger partial charge in [0.05, 0.1) is 0 Å². The van der Waals surface area contributed by atoms with Crippen LogP contribution in [0.5, 0.6) is 0 Å². The first-order valence-corrected chi connectivity index (χ1v) is 4.68. The molecule has 1 rings (SSSR count). The minimum Gasteiger partial charge on any atom is -0.245 e. The van der Waals surface area contributed by atoms with Crippen molar-refractivity contribution in [1.82, 2.24) is 4.98 Å². The van der Waals surface area contributed by atoms with Crippen LogP contribution in [0, 0.1) is 6.92 Å². The van der Waals surface area contributed by atoms with Gasteiger partial charge in [0.1, 0.15) is 5.01 Å². The summed E-state index contributed by atoms with van der Waals surface area (Å²) in [6.07, 6.45) is 5.75. The highest BCUT2D eigenvalue weighted by Crippen LogP contribution is 2.13. The Morgan fingerprint density at radius 2 is 2.45 bits per heavy atom. The fraction of sp³-hybridized carbons (Fsp3) is 0.375. The fourth-order valence-corrected chi connectivity index (χ4v) is 1.42. The lowest BCUT2D eigenvalue weighted by molar-refractivity contribution is 1.24. The van der Waals surface area contributed by atoms with E-state index in [0.29, 0.717) is 0 Å². The highest BCUT2D eigenvalue weighted by atomic mass is 35.5. The predicted molar refractivity (Wildman–Crippen MR) is 51.2 cm³/mol. The van der Waals surface area contributed by atoms with Gasteiger partial charge >= 0.3 is 0 Å². The van der Waals surface area contributed by atoms with E-state index in [-0.39, 0.29) is 5.38 Å². The summed E-state index contributed by atoms with van der Waals surface area (Å²) in [5.74, 6) is 0. The lowest BCUT2D eigenvalue weighted by atomic mass is 10.4. The molecule has 1 nitrogen and oxygen atoms in total. The van der Waals surface area contributed by atoms with Crippen molar-refractivity contribution >= 4 is 29.0 Å². The number of hydrogen-bond acceptors (Lipinski definition) is 2. The van der Waals surface area contributed by atoms with Crippen LogP contribution in [0.4, 0.5) is 0 Å². The normalized spacial score (nSPS) is 14.1. The molecule has 0 bridgehead atoms. The minimum atomic E-state index is 0.0826. The Hall–Kier alpha value is -0.340. The Bertz CT molecular complexity index is 252. The van der Waals surface area contributed by atoms with Gasteiger partial charge in [-0.15, -0.1) is 22.9 Å². The van der Waals surface area contributed by atoms with Crippen LogP contribution in [0.1, 0.15) is 16.8 Å². The molecule has 60 valence electrons. The molecule has 0 saturated carbocycles. The first-order chi connectivity index (χ1) is 5.18. The summed E-state index contributed by atoms with van der Waals surface area (Å²) in [7, 11) is 0. The third-order valence-electron chi connectivity index (χ3n) is 1.14. The van der Waals surface area contributed by atoms with Crippen LogP contribution in [-0.4, -0.2) is 10.4 Å². The van der Waals surface area contributed by atoms with Gasteiger partial charge in [-0.25, -0.2) is 4.98 Å². The maximum atomic E-state index is 5.72. The van der Waals surface area contributed by atoms with Crippen LogP contribution in [0.2, 0.25) is 0 Å². The third-order valence-corrected chi connectivity index (χ3v) is 2.17. The van der Waals surface area contributed by atoms with Crippen molar-refractivity contribution < 1.29 is 0 Å². The van der Waals surface area contributed by atoms with Crippen molar-refractivity contribution in [3.63, 3.8) is 0 Å². The quantitative estimate of drug-likeness (QED) is 0.649. The molecule has 0 aliphatic rings. The Morgan fingerprint density at radius 3 is 2.91 bits per heavy atom. The molecule has 1 heterocycles. The zero-order valence-electron chi connectivity index (χ0n) is 6.54. The summed E-state index contributed by atoms with van der Waals surface area (Å²) in [5.41, 5.74) is 0. The van der Waals surface area contributed by atoms with Gasteiger partial charge in [0.15, 0.2) is 0 Å². The molecule has 1 atom stereocenters. The number of thiazole rings is 1. The van der Waals surface area contributed by atoms with Gasteiger partial charge in [0.25, 0.3) is 0 Å². The summed E-state index contributed by atoms with van der Waals surface area (Å²) in [4.78, 5) is 5.39. The first-order valence-electron chi connectivity index (χ1n) is 3.43. The van der Waals surface area contributed by atoms with Crippen LogP contribution < -0.4 is 0 Å². The number of nitrogens with zero attached hydrogens (tertiary/aromatic N) is 1. The SMILES string of the molecule is Cc1cnc(/C=C/C(C)Cl)s1. The molecular formula is C8H10ClNS. The summed E-state index contributed by atoms with van der Waals surface area (Å²) in [6, 6.07) is 0. The minimum absolute atomic E-state index is 0.0826. The Balaban J connectivity index is 2.64. The molecule has 0 aliphatic heterocycles. The average molecular weight is 188 g/mol. The second-order valence-corrected chi connectivity index (χ2v) is 4.30. The predicted octanol–water partition coefficient (Wildman–Crippen LogP) is 3.09. The van der Waals surface area contributed by atoms with Crippen molar-refractivity contribution in [3.05, 3.63) is 22.2 Å². The molecule has 0 saturated heterocycles. The zero-order chi connectivity index (χ0) is 8.27. The molecule has 0 aromatic carbocycles. The van der Waals surface area contributed by atoms with E-state index in [1.165, 1.54) is 4.88 Å². The van der Waals surface area contributed by atoms with Crippen LogP contribution in [0.25, 0.3) is 6.08 Å². The second-order valence-electron chi connectivity index (χ2n) is 2.35. The number of rotatable bonds is 2. The molecule has 0 spiro atoms. The van der Waals surface area contributed by atoms with Crippen LogP contribution in [0.15, 0.2) is 12.3 Å². The summed E-state index contributed by atoms with van der Waals surface area (Å²) in [5, 5.41) is 1.11. The highest BCUT2D eigenvalue weighted by Gasteiger charge is 1.93. The molecule has 1 unspecified atom stereocenters. The van der Waals surface area contributed by atoms with E-state index in [2.05, 4.69) is 4.98 Å². The number of allylic oxidation sites excluding steroid dienone is 1. The zero-order valence-corrected chi connectivity index (χ0v) is 8.12. The van der Waals surface area contributed by atoms with Gasteiger partial charge in [0, 0.05) is 16.5 Å². The van der Waals surface area contributed by atoms with Gasteiger partial charge in [-0.3, -0.25) is 0 Å². The maximum Gasteiger partial charge on any atom is 0.115 e. The van der Waals surface area contributed by atoms with E-state index in [0.717, 1.165) is 5.01 Å². The number of hydrogen-bond donors (Lipinski definition) is 0. The number of halogens is 1. The molecule has 1 aromatic rings. The number of aromatic nitrogens is 1. The van der Waals surface area contributed by atoms with Gasteiger partial charge in [0.2, 0.25) is 0 Å². The van der Waals surface area contributed by atoms with Crippen molar-refractivity contribution in [2.75, 3.05) is 0 Å². The summed E-state index contributed by atoms with van der Waals surface area (Å²) < 4.78 is 0. The van der Waals surface area contributed by atoms with E-state index >= 15 is 0 Å². The molecule has 0 aliphatic carbocycles. The summed E-state index contributed by atoms with van der Waals surface area (Å²) in [6.45, 7) is 3.97. The Kier molecular flexibility index (Phi) is 3.09. The molecule has 1 aromatic heterocycles. The van der Waals surface area contributed by atoms with Gasteiger partial charge < -0.3 is 0 Å².